The summed E-state index contributed by atoms with van der Waals surface area (Å²) < 4.78 is 15.3. The Balaban J connectivity index is 2.48. The van der Waals surface area contributed by atoms with E-state index in [-0.39, 0.29) is 14.9 Å². The lowest BCUT2D eigenvalue weighted by Crippen LogP contribution is -2.21. The average molecular weight is 362 g/mol. The van der Waals surface area contributed by atoms with E-state index in [1.165, 1.54) is 12.1 Å². The van der Waals surface area contributed by atoms with Gasteiger partial charge in [-0.25, -0.2) is 9.37 Å². The second-order valence-corrected chi connectivity index (χ2v) is 5.84. The van der Waals surface area contributed by atoms with Crippen molar-refractivity contribution in [2.45, 2.75) is 17.8 Å². The molecule has 0 radical (unpaired) electrons. The maximum atomic E-state index is 13.4. The van der Waals surface area contributed by atoms with E-state index in [0.29, 0.717) is 23.3 Å². The lowest BCUT2D eigenvalue weighted by Gasteiger charge is -2.07. The zero-order valence-corrected chi connectivity index (χ0v) is 11.8. The molecule has 1 aromatic heterocycles. The molecule has 6 heteroatoms. The van der Waals surface area contributed by atoms with Crippen molar-refractivity contribution in [1.29, 1.82) is 0 Å². The fraction of sp³-hybridized carbons (Fsp3) is 0.273. The van der Waals surface area contributed by atoms with Gasteiger partial charge in [0.15, 0.2) is 0 Å². The summed E-state index contributed by atoms with van der Waals surface area (Å²) in [5.74, 6) is 0.271. The molecule has 88 valence electrons. The quantitative estimate of drug-likeness (QED) is 0.675. The maximum absolute atomic E-state index is 13.4. The first-order chi connectivity index (χ1) is 8.09. The first-order valence-corrected chi connectivity index (χ1v) is 6.83. The van der Waals surface area contributed by atoms with Crippen LogP contribution in [0, 0.1) is 5.82 Å². The van der Waals surface area contributed by atoms with Gasteiger partial charge in [-0.1, -0.05) is 15.9 Å². The van der Waals surface area contributed by atoms with E-state index in [1.54, 1.807) is 4.57 Å². The van der Waals surface area contributed by atoms with Crippen molar-refractivity contribution < 1.29 is 4.39 Å². The summed E-state index contributed by atoms with van der Waals surface area (Å²) in [5.41, 5.74) is 0.292. The van der Waals surface area contributed by atoms with Crippen molar-refractivity contribution in [1.82, 2.24) is 9.55 Å². The fourth-order valence-electron chi connectivity index (χ4n) is 2.07. The van der Waals surface area contributed by atoms with Crippen molar-refractivity contribution in [2.24, 2.45) is 0 Å². The van der Waals surface area contributed by atoms with E-state index in [9.17, 15) is 9.18 Å². The first kappa shape index (κ1) is 11.3. The van der Waals surface area contributed by atoms with Gasteiger partial charge < -0.3 is 0 Å². The Morgan fingerprint density at radius 3 is 3.00 bits per heavy atom. The molecule has 1 aromatic carbocycles. The van der Waals surface area contributed by atoms with Crippen LogP contribution in [0.15, 0.2) is 21.4 Å². The minimum absolute atomic E-state index is 0.0646. The molecule has 0 saturated carbocycles. The average Bonchev–Trinajstić information content (AvgIpc) is 2.67. The molecule has 0 bridgehead atoms. The van der Waals surface area contributed by atoms with Gasteiger partial charge in [0.25, 0.3) is 5.56 Å². The highest BCUT2D eigenvalue weighted by Gasteiger charge is 2.24. The molecule has 3 rings (SSSR count). The predicted molar refractivity (Wildman–Crippen MR) is 69.9 cm³/mol. The number of halogens is 3. The van der Waals surface area contributed by atoms with Gasteiger partial charge in [0.1, 0.15) is 11.6 Å². The highest BCUT2D eigenvalue weighted by Crippen LogP contribution is 2.33. The summed E-state index contributed by atoms with van der Waals surface area (Å²) >= 11 is 6.61. The molecule has 0 aliphatic carbocycles. The molecular formula is C11H7Br2FN2O. The molecule has 3 nitrogen and oxygen atoms in total. The van der Waals surface area contributed by atoms with Gasteiger partial charge in [0.05, 0.1) is 20.2 Å². The minimum atomic E-state index is -0.404. The largest absolute Gasteiger partial charge is 0.295 e. The zero-order chi connectivity index (χ0) is 12.2. The summed E-state index contributed by atoms with van der Waals surface area (Å²) in [7, 11) is 0. The summed E-state index contributed by atoms with van der Waals surface area (Å²) in [6.45, 7) is 0.655. The van der Waals surface area contributed by atoms with E-state index in [4.69, 9.17) is 0 Å². The standard InChI is InChI=1S/C11H7Br2FN2O/c12-6-3-4-16-10(6)15-9-5(11(16)17)1-2-7(14)8(9)13/h1-2,6H,3-4H2. The highest BCUT2D eigenvalue weighted by atomic mass is 79.9. The number of benzene rings is 1. The van der Waals surface area contributed by atoms with Crippen molar-refractivity contribution in [3.05, 3.63) is 38.6 Å². The van der Waals surface area contributed by atoms with Crippen LogP contribution < -0.4 is 5.56 Å². The fourth-order valence-corrected chi connectivity index (χ4v) is 3.06. The van der Waals surface area contributed by atoms with Gasteiger partial charge in [0, 0.05) is 6.54 Å². The van der Waals surface area contributed by atoms with E-state index in [0.717, 1.165) is 6.42 Å². The number of rotatable bonds is 0. The molecule has 1 unspecified atom stereocenters. The monoisotopic (exact) mass is 360 g/mol. The van der Waals surface area contributed by atoms with Crippen LogP contribution in [0.3, 0.4) is 0 Å². The van der Waals surface area contributed by atoms with Gasteiger partial charge in [0.2, 0.25) is 0 Å². The molecule has 2 heterocycles. The Morgan fingerprint density at radius 2 is 2.24 bits per heavy atom. The highest BCUT2D eigenvalue weighted by molar-refractivity contribution is 9.10. The van der Waals surface area contributed by atoms with Gasteiger partial charge in [-0.05, 0) is 34.5 Å². The molecule has 1 aliphatic heterocycles. The van der Waals surface area contributed by atoms with Crippen LogP contribution >= 0.6 is 31.9 Å². The number of alkyl halides is 1. The lowest BCUT2D eigenvalue weighted by atomic mass is 10.2. The molecular weight excluding hydrogens is 355 g/mol. The third kappa shape index (κ3) is 1.57. The van der Waals surface area contributed by atoms with Crippen molar-refractivity contribution in [3.63, 3.8) is 0 Å². The second-order valence-electron chi connectivity index (χ2n) is 3.94. The Hall–Kier alpha value is -0.750. The predicted octanol–water partition coefficient (Wildman–Crippen LogP) is 3.14. The molecule has 0 N–H and O–H groups in total. The van der Waals surface area contributed by atoms with Crippen molar-refractivity contribution in [2.75, 3.05) is 0 Å². The number of fused-ring (bicyclic) bond motifs is 2. The molecule has 0 amide bonds. The van der Waals surface area contributed by atoms with Gasteiger partial charge >= 0.3 is 0 Å². The normalized spacial score (nSPS) is 18.6. The van der Waals surface area contributed by atoms with Gasteiger partial charge in [-0.15, -0.1) is 0 Å². The Bertz CT molecular complexity index is 683. The van der Waals surface area contributed by atoms with Gasteiger partial charge in [-0.2, -0.15) is 0 Å². The third-order valence-electron chi connectivity index (χ3n) is 2.93. The van der Waals surface area contributed by atoms with E-state index < -0.39 is 5.82 Å². The van der Waals surface area contributed by atoms with Crippen LogP contribution in [0.2, 0.25) is 0 Å². The molecule has 0 spiro atoms. The Kier molecular flexibility index (Phi) is 2.59. The second kappa shape index (κ2) is 3.88. The van der Waals surface area contributed by atoms with Crippen LogP contribution in [-0.2, 0) is 6.54 Å². The lowest BCUT2D eigenvalue weighted by molar-refractivity contribution is 0.622. The van der Waals surface area contributed by atoms with E-state index in [1.807, 2.05) is 0 Å². The summed E-state index contributed by atoms with van der Waals surface area (Å²) in [6, 6.07) is 2.77. The van der Waals surface area contributed by atoms with E-state index >= 15 is 0 Å². The maximum Gasteiger partial charge on any atom is 0.261 e. The zero-order valence-electron chi connectivity index (χ0n) is 8.58. The van der Waals surface area contributed by atoms with Crippen LogP contribution in [0.4, 0.5) is 4.39 Å². The van der Waals surface area contributed by atoms with Crippen LogP contribution in [0.1, 0.15) is 17.1 Å². The van der Waals surface area contributed by atoms with E-state index in [2.05, 4.69) is 36.8 Å². The first-order valence-electron chi connectivity index (χ1n) is 5.12. The van der Waals surface area contributed by atoms with Crippen LogP contribution in [-0.4, -0.2) is 9.55 Å². The summed E-state index contributed by atoms with van der Waals surface area (Å²) in [4.78, 5) is 16.6. The topological polar surface area (TPSA) is 34.9 Å². The van der Waals surface area contributed by atoms with Crippen LogP contribution in [0.25, 0.3) is 10.9 Å². The summed E-state index contributed by atoms with van der Waals surface area (Å²) in [6.07, 6.45) is 0.832. The molecule has 1 atom stereocenters. The molecule has 17 heavy (non-hydrogen) atoms. The Morgan fingerprint density at radius 1 is 1.47 bits per heavy atom. The minimum Gasteiger partial charge on any atom is -0.295 e. The van der Waals surface area contributed by atoms with Crippen molar-refractivity contribution >= 4 is 42.8 Å². The molecule has 2 aromatic rings. The molecule has 0 fully saturated rings. The SMILES string of the molecule is O=c1c2ccc(F)c(Br)c2nc2n1CCC2Br. The molecule has 1 aliphatic rings. The number of aromatic nitrogens is 2. The summed E-state index contributed by atoms with van der Waals surface area (Å²) in [5, 5.41) is 0.448. The van der Waals surface area contributed by atoms with Gasteiger partial charge in [-0.3, -0.25) is 9.36 Å². The number of nitrogens with zero attached hydrogens (tertiary/aromatic N) is 2. The molecule has 0 saturated heterocycles. The number of hydrogen-bond acceptors (Lipinski definition) is 2. The Labute approximate surface area is 113 Å². The smallest absolute Gasteiger partial charge is 0.261 e. The third-order valence-corrected chi connectivity index (χ3v) is 4.56. The van der Waals surface area contributed by atoms with Crippen LogP contribution in [0.5, 0.6) is 0 Å². The number of hydrogen-bond donors (Lipinski definition) is 0. The van der Waals surface area contributed by atoms with Crippen molar-refractivity contribution in [3.8, 4) is 0 Å².